The summed E-state index contributed by atoms with van der Waals surface area (Å²) in [6.45, 7) is 13.6. The molecule has 0 unspecified atom stereocenters. The molecule has 0 spiro atoms. The summed E-state index contributed by atoms with van der Waals surface area (Å²) >= 11 is 0. The maximum Gasteiger partial charge on any atom is 0.353 e. The monoisotopic (exact) mass is 1140 g/mol. The van der Waals surface area contributed by atoms with Crippen molar-refractivity contribution >= 4 is 74.0 Å². The van der Waals surface area contributed by atoms with E-state index in [-0.39, 0.29) is 76.4 Å². The van der Waals surface area contributed by atoms with Crippen LogP contribution in [0.1, 0.15) is 64.5 Å². The molecule has 4 aromatic heterocycles. The van der Waals surface area contributed by atoms with Crippen molar-refractivity contribution in [1.82, 2.24) is 29.9 Å². The van der Waals surface area contributed by atoms with E-state index < -0.39 is 66.3 Å². The number of unbranched alkanes of at least 4 members (excludes halogenated alkanes) is 2. The normalized spacial score (nSPS) is 12.9. The summed E-state index contributed by atoms with van der Waals surface area (Å²) in [6, 6.07) is 7.13. The topological polar surface area (TPSA) is 372 Å². The van der Waals surface area contributed by atoms with Gasteiger partial charge >= 0.3 is 23.3 Å². The number of esters is 2. The molecule has 2 aliphatic rings. The Bertz CT molecular complexity index is 2610. The number of hydrogen-bond acceptors (Lipinski definition) is 26. The third kappa shape index (κ3) is 21.6. The molecular weight excluding hydrogens is 1070 g/mol. The molecule has 0 atom stereocenters. The number of nitro groups is 2. The standard InChI is InChI=1S/C22H32N8O5.C19H25N7O7S.C4H11N.CH3.FH.V/c1-3-5-7-25-22-26-20(23)19(30(32)33)21(27-22)29(15-18(31)35-4-2)14-16-6-8-24-17(13-16)28-9-11-34-12-10-28;1-3-33-15(27)12-25(11-13-4-5-21-14(10-13)24-6-8-32-9-7-24)18-16(26(28)29)17(20)22-19(23-18)34(2,30)31;1-2-3-4-5;;;/h6,8,13H,3-5,7,9-12,14-15H2,1-2H3,(H3,23,25,26,27);4-5,10H,3,6-9,11-12H2,1-2H3,(H2,20,22,23);2-5H2,1H3;1H3;1H;/q;;;-1;;/i/hD. The number of carbonyl (C=O) groups excluding carboxylic acids is 2. The molecule has 1 radical (unpaired) electrons. The minimum atomic E-state index is -3.95. The first-order valence-corrected chi connectivity index (χ1v) is 26.0. The molecule has 6 rings (SSSR count). The number of pyridine rings is 2. The molecule has 4 aromatic rings. The van der Waals surface area contributed by atoms with Gasteiger partial charge in [0, 0.05) is 83.0 Å². The van der Waals surface area contributed by atoms with Crippen LogP contribution in [-0.2, 0) is 70.0 Å². The first-order valence-electron chi connectivity index (χ1n) is 24.5. The zero-order chi connectivity index (χ0) is 56.2. The second-order valence-corrected chi connectivity index (χ2v) is 18.4. The van der Waals surface area contributed by atoms with Crippen molar-refractivity contribution in [3.8, 4) is 0 Å². The Kier molecular flexibility index (Phi) is 29.9. The van der Waals surface area contributed by atoms with Crippen LogP contribution in [0.15, 0.2) is 41.8 Å². The van der Waals surface area contributed by atoms with Crippen LogP contribution < -0.4 is 42.1 Å². The Hall–Kier alpha value is -6.86. The van der Waals surface area contributed by atoms with Crippen molar-refractivity contribution in [2.75, 3.05) is 135 Å². The minimum Gasteiger partial charge on any atom is -0.465 e. The number of rotatable bonds is 23. The summed E-state index contributed by atoms with van der Waals surface area (Å²) in [5.74, 6) is -1.00. The fourth-order valence-electron chi connectivity index (χ4n) is 7.14. The molecule has 7 N–H and O–H groups in total. The Morgan fingerprint density at radius 3 is 1.57 bits per heavy atom. The van der Waals surface area contributed by atoms with Crippen molar-refractivity contribution < 1.29 is 70.1 Å². The number of nitrogens with one attached hydrogen (secondary N) is 1. The van der Waals surface area contributed by atoms with Crippen LogP contribution in [0.2, 0.25) is 0 Å². The van der Waals surface area contributed by atoms with Crippen molar-refractivity contribution in [3.05, 3.63) is 75.4 Å². The van der Waals surface area contributed by atoms with Gasteiger partial charge in [0.25, 0.3) is 6.61 Å². The summed E-state index contributed by atoms with van der Waals surface area (Å²) in [5.41, 5.74) is 17.1. The molecule has 2 aliphatic heterocycles. The Morgan fingerprint density at radius 1 is 0.766 bits per heavy atom. The molecular formula is C46H72FN16O12SV-. The van der Waals surface area contributed by atoms with Gasteiger partial charge in [-0.25, -0.2) is 18.4 Å². The van der Waals surface area contributed by atoms with Gasteiger partial charge in [0.2, 0.25) is 39.1 Å². The third-order valence-corrected chi connectivity index (χ3v) is 11.6. The third-order valence-electron chi connectivity index (χ3n) is 10.7. The van der Waals surface area contributed by atoms with Crippen LogP contribution in [0.25, 0.3) is 0 Å². The van der Waals surface area contributed by atoms with Gasteiger partial charge in [0.1, 0.15) is 24.7 Å². The SMILES string of the molecule is CCCCN.CCCCNc1nc(N)c([N+](=O)[O-])c(N(CC(=O)OCC)Cc2ccnc(N3CCOCC3)c2)n1.CCOC(=O)CN(Cc1ccnc(N2CCOCC2)c1)c1nc(S(C)(=O)=O)nc(N)c1[N+](=O)[O-].[2H]F.[CH3-].[V]. The van der Waals surface area contributed by atoms with Crippen molar-refractivity contribution in [3.63, 3.8) is 0 Å². The number of hydrogen-bond donors (Lipinski definition) is 4. The molecule has 6 heterocycles. The Labute approximate surface area is 461 Å². The predicted molar refractivity (Wildman–Crippen MR) is 285 cm³/mol. The molecule has 77 heavy (non-hydrogen) atoms. The summed E-state index contributed by atoms with van der Waals surface area (Å²) in [4.78, 5) is 78.5. The van der Waals surface area contributed by atoms with Crippen molar-refractivity contribution in [2.45, 2.75) is 71.6 Å². The zero-order valence-corrected chi connectivity index (χ0v) is 46.6. The van der Waals surface area contributed by atoms with Gasteiger partial charge < -0.3 is 68.5 Å². The fraction of sp³-hybridized carbons (Fsp3) is 0.543. The van der Waals surface area contributed by atoms with E-state index in [0.29, 0.717) is 70.5 Å². The number of morpholine rings is 2. The molecule has 2 fully saturated rings. The Morgan fingerprint density at radius 2 is 1.19 bits per heavy atom. The summed E-state index contributed by atoms with van der Waals surface area (Å²) < 4.78 is 58.0. The smallest absolute Gasteiger partial charge is 0.353 e. The number of nitrogens with two attached hydrogens (primary N) is 3. The van der Waals surface area contributed by atoms with E-state index in [1.807, 2.05) is 17.9 Å². The molecule has 0 bridgehead atoms. The van der Waals surface area contributed by atoms with Crippen LogP contribution in [0.5, 0.6) is 0 Å². The van der Waals surface area contributed by atoms with Crippen LogP contribution in [-0.4, -0.2) is 160 Å². The zero-order valence-electron chi connectivity index (χ0n) is 45.3. The van der Waals surface area contributed by atoms with Gasteiger partial charge in [0.05, 0.1) is 49.5 Å². The average molecular weight is 1140 g/mol. The van der Waals surface area contributed by atoms with Gasteiger partial charge in [-0.2, -0.15) is 19.9 Å². The number of nitrogen functional groups attached to an aromatic ring is 2. The average Bonchev–Trinajstić information content (AvgIpc) is 3.40. The minimum absolute atomic E-state index is 0. The van der Waals surface area contributed by atoms with Crippen LogP contribution >= 0.6 is 0 Å². The molecule has 28 nitrogen and oxygen atoms in total. The van der Waals surface area contributed by atoms with Gasteiger partial charge in [-0.15, -0.1) is 0 Å². The van der Waals surface area contributed by atoms with Gasteiger partial charge in [-0.05, 0) is 68.6 Å². The number of aromatic nitrogens is 6. The molecule has 0 saturated carbocycles. The van der Waals surface area contributed by atoms with E-state index in [1.54, 1.807) is 44.4 Å². The summed E-state index contributed by atoms with van der Waals surface area (Å²) in [6.07, 6.45) is 8.30. The number of nitrogens with zero attached hydrogens (tertiary/aromatic N) is 12. The van der Waals surface area contributed by atoms with Crippen LogP contribution in [0.3, 0.4) is 0 Å². The van der Waals surface area contributed by atoms with Crippen molar-refractivity contribution in [2.24, 2.45) is 5.73 Å². The predicted octanol–water partition coefficient (Wildman–Crippen LogP) is 3.50. The quantitative estimate of drug-likeness (QED) is 0.0206. The number of halogens is 1. The van der Waals surface area contributed by atoms with Gasteiger partial charge in [0.15, 0.2) is 0 Å². The van der Waals surface area contributed by atoms with Crippen LogP contribution in [0, 0.1) is 27.7 Å². The molecule has 2 saturated heterocycles. The molecule has 427 valence electrons. The van der Waals surface area contributed by atoms with Gasteiger partial charge in [-0.3, -0.25) is 34.5 Å². The second kappa shape index (κ2) is 34.7. The van der Waals surface area contributed by atoms with Crippen molar-refractivity contribution in [1.29, 1.82) is 1.45 Å². The fourth-order valence-corrected chi connectivity index (χ4v) is 7.66. The first-order chi connectivity index (χ1) is 36.4. The van der Waals surface area contributed by atoms with Crippen LogP contribution in [0.4, 0.5) is 56.9 Å². The first kappa shape index (κ1) is 66.3. The second-order valence-electron chi connectivity index (χ2n) is 16.4. The molecule has 0 aromatic carbocycles. The molecule has 31 heteroatoms. The van der Waals surface area contributed by atoms with Gasteiger partial charge in [-0.1, -0.05) is 26.7 Å². The van der Waals surface area contributed by atoms with E-state index >= 15 is 0 Å². The Balaban J connectivity index is 0.000000681. The number of ether oxygens (including phenoxy) is 4. The largest absolute Gasteiger partial charge is 0.465 e. The van der Waals surface area contributed by atoms with E-state index in [2.05, 4.69) is 48.5 Å². The number of anilines is 7. The van der Waals surface area contributed by atoms with E-state index in [1.165, 1.54) is 22.6 Å². The number of carbonyl (C=O) groups is 2. The van der Waals surface area contributed by atoms with E-state index in [0.717, 1.165) is 37.0 Å². The maximum absolute atomic E-state index is 12.4. The maximum atomic E-state index is 12.4. The summed E-state index contributed by atoms with van der Waals surface area (Å²) in [7, 11) is -3.95. The molecule has 0 aliphatic carbocycles. The molecule has 0 amide bonds. The summed E-state index contributed by atoms with van der Waals surface area (Å²) in [5, 5.41) is 26.0. The number of sulfone groups is 1. The van der Waals surface area contributed by atoms with E-state index in [4.69, 9.17) is 40.9 Å². The van der Waals surface area contributed by atoms with E-state index in [9.17, 15) is 38.2 Å².